The van der Waals surface area contributed by atoms with Gasteiger partial charge in [-0.15, -0.1) is 0 Å². The highest BCUT2D eigenvalue weighted by atomic mass is 127. The van der Waals surface area contributed by atoms with Crippen LogP contribution in [-0.4, -0.2) is 16.0 Å². The molecule has 0 radical (unpaired) electrons. The van der Waals surface area contributed by atoms with E-state index in [1.165, 1.54) is 0 Å². The van der Waals surface area contributed by atoms with E-state index < -0.39 is 0 Å². The van der Waals surface area contributed by atoms with Gasteiger partial charge < -0.3 is 10.3 Å². The van der Waals surface area contributed by atoms with E-state index in [9.17, 15) is 4.79 Å². The second-order valence-electron chi connectivity index (χ2n) is 3.48. The average molecular weight is 343 g/mol. The van der Waals surface area contributed by atoms with Gasteiger partial charge in [-0.2, -0.15) is 4.98 Å². The van der Waals surface area contributed by atoms with Gasteiger partial charge in [0.25, 0.3) is 0 Å². The average Bonchev–Trinajstić information content (AvgIpc) is 2.76. The van der Waals surface area contributed by atoms with Crippen LogP contribution >= 0.6 is 22.6 Å². The minimum Gasteiger partial charge on any atom is -0.370 e. The minimum absolute atomic E-state index is 0.217. The second-order valence-corrected chi connectivity index (χ2v) is 4.73. The smallest absolute Gasteiger partial charge is 0.227 e. The number of carbonyl (C=O) groups excluding carboxylic acids is 1. The van der Waals surface area contributed by atoms with Gasteiger partial charge >= 0.3 is 0 Å². The van der Waals surface area contributed by atoms with Crippen LogP contribution in [0.25, 0.3) is 11.4 Å². The molecule has 0 saturated carbocycles. The maximum atomic E-state index is 10.6. The van der Waals surface area contributed by atoms with Crippen LogP contribution in [0.2, 0.25) is 0 Å². The fourth-order valence-electron chi connectivity index (χ4n) is 1.30. The molecular weight excluding hydrogens is 333 g/mol. The van der Waals surface area contributed by atoms with E-state index in [1.807, 2.05) is 24.3 Å². The van der Waals surface area contributed by atoms with E-state index in [-0.39, 0.29) is 12.3 Å². The zero-order chi connectivity index (χ0) is 12.3. The number of aryl methyl sites for hydroxylation is 1. The predicted octanol–water partition coefficient (Wildman–Crippen LogP) is 1.76. The van der Waals surface area contributed by atoms with Crippen molar-refractivity contribution in [1.29, 1.82) is 0 Å². The molecule has 0 spiro atoms. The Kier molecular flexibility index (Phi) is 3.72. The third kappa shape index (κ3) is 3.26. The molecule has 5 nitrogen and oxygen atoms in total. The number of benzene rings is 1. The fourth-order valence-corrected chi connectivity index (χ4v) is 1.66. The highest BCUT2D eigenvalue weighted by Gasteiger charge is 2.09. The summed E-state index contributed by atoms with van der Waals surface area (Å²) in [6, 6.07) is 7.78. The van der Waals surface area contributed by atoms with Gasteiger partial charge in [0.15, 0.2) is 0 Å². The normalized spacial score (nSPS) is 10.4. The molecule has 1 amide bonds. The number of halogens is 1. The lowest BCUT2D eigenvalue weighted by Gasteiger charge is -1.93. The first-order valence-electron chi connectivity index (χ1n) is 5.02. The topological polar surface area (TPSA) is 82.0 Å². The third-order valence-corrected chi connectivity index (χ3v) is 2.87. The molecule has 88 valence electrons. The van der Waals surface area contributed by atoms with E-state index in [2.05, 4.69) is 32.7 Å². The number of aromatic nitrogens is 2. The predicted molar refractivity (Wildman–Crippen MR) is 70.0 cm³/mol. The molecule has 2 aromatic rings. The molecule has 0 bridgehead atoms. The Bertz CT molecular complexity index is 522. The molecule has 0 aliphatic rings. The molecular formula is C11H10IN3O2. The molecule has 2 rings (SSSR count). The Morgan fingerprint density at radius 2 is 2.06 bits per heavy atom. The van der Waals surface area contributed by atoms with Gasteiger partial charge in [-0.05, 0) is 34.7 Å². The molecule has 17 heavy (non-hydrogen) atoms. The summed E-state index contributed by atoms with van der Waals surface area (Å²) in [6.07, 6.45) is 0.598. The number of nitrogens with zero attached hydrogens (tertiary/aromatic N) is 2. The van der Waals surface area contributed by atoms with Crippen molar-refractivity contribution < 1.29 is 9.32 Å². The Balaban J connectivity index is 2.12. The summed E-state index contributed by atoms with van der Waals surface area (Å²) in [5, 5.41) is 3.85. The van der Waals surface area contributed by atoms with Crippen LogP contribution in [0.3, 0.4) is 0 Å². The maximum Gasteiger partial charge on any atom is 0.227 e. The zero-order valence-electron chi connectivity index (χ0n) is 8.89. The van der Waals surface area contributed by atoms with Crippen LogP contribution in [0.5, 0.6) is 0 Å². The molecule has 0 aliphatic carbocycles. The Labute approximate surface area is 112 Å². The molecule has 0 saturated heterocycles. The van der Waals surface area contributed by atoms with Crippen LogP contribution < -0.4 is 5.73 Å². The summed E-state index contributed by atoms with van der Waals surface area (Å²) in [4.78, 5) is 14.8. The number of primary amides is 1. The lowest BCUT2D eigenvalue weighted by Crippen LogP contribution is -2.11. The van der Waals surface area contributed by atoms with E-state index in [4.69, 9.17) is 10.3 Å². The summed E-state index contributed by atoms with van der Waals surface area (Å²) < 4.78 is 6.17. The van der Waals surface area contributed by atoms with Crippen molar-refractivity contribution in [3.63, 3.8) is 0 Å². The van der Waals surface area contributed by atoms with Gasteiger partial charge in [-0.3, -0.25) is 4.79 Å². The minimum atomic E-state index is -0.376. The van der Waals surface area contributed by atoms with Crippen LogP contribution in [0, 0.1) is 3.57 Å². The number of carbonyl (C=O) groups is 1. The number of amides is 1. The molecule has 2 N–H and O–H groups in total. The fraction of sp³-hybridized carbons (Fsp3) is 0.182. The molecule has 1 aromatic carbocycles. The Hall–Kier alpha value is -1.44. The maximum absolute atomic E-state index is 10.6. The quantitative estimate of drug-likeness (QED) is 0.858. The first kappa shape index (κ1) is 12.0. The summed E-state index contributed by atoms with van der Waals surface area (Å²) >= 11 is 2.23. The standard InChI is InChI=1S/C11H10IN3O2/c12-8-3-1-7(2-4-8)11-14-10(17-15-11)6-5-9(13)16/h1-4H,5-6H2,(H2,13,16). The van der Waals surface area contributed by atoms with Gasteiger partial charge in [-0.1, -0.05) is 17.3 Å². The molecule has 1 heterocycles. The Morgan fingerprint density at radius 1 is 1.35 bits per heavy atom. The molecule has 0 atom stereocenters. The van der Waals surface area contributed by atoms with Gasteiger partial charge in [-0.25, -0.2) is 0 Å². The molecule has 0 aliphatic heterocycles. The lowest BCUT2D eigenvalue weighted by molar-refractivity contribution is -0.118. The van der Waals surface area contributed by atoms with Gasteiger partial charge in [0.2, 0.25) is 17.6 Å². The van der Waals surface area contributed by atoms with Crippen molar-refractivity contribution in [1.82, 2.24) is 10.1 Å². The van der Waals surface area contributed by atoms with Gasteiger partial charge in [0.1, 0.15) is 0 Å². The van der Waals surface area contributed by atoms with E-state index in [1.54, 1.807) is 0 Å². The van der Waals surface area contributed by atoms with Gasteiger partial charge in [0, 0.05) is 22.0 Å². The summed E-state index contributed by atoms with van der Waals surface area (Å²) in [5.41, 5.74) is 5.93. The van der Waals surface area contributed by atoms with E-state index in [0.29, 0.717) is 18.1 Å². The van der Waals surface area contributed by atoms with E-state index >= 15 is 0 Å². The van der Waals surface area contributed by atoms with Crippen molar-refractivity contribution in [3.05, 3.63) is 33.7 Å². The van der Waals surface area contributed by atoms with Crippen LogP contribution in [0.1, 0.15) is 12.3 Å². The van der Waals surface area contributed by atoms with Crippen LogP contribution in [0.4, 0.5) is 0 Å². The monoisotopic (exact) mass is 343 g/mol. The largest absolute Gasteiger partial charge is 0.370 e. The molecule has 0 fully saturated rings. The van der Waals surface area contributed by atoms with Crippen molar-refractivity contribution in [3.8, 4) is 11.4 Å². The first-order valence-corrected chi connectivity index (χ1v) is 6.10. The lowest BCUT2D eigenvalue weighted by atomic mass is 10.2. The van der Waals surface area contributed by atoms with Crippen molar-refractivity contribution in [2.24, 2.45) is 5.73 Å². The van der Waals surface area contributed by atoms with Crippen molar-refractivity contribution in [2.75, 3.05) is 0 Å². The summed E-state index contributed by atoms with van der Waals surface area (Å²) in [6.45, 7) is 0. The number of hydrogen-bond acceptors (Lipinski definition) is 4. The first-order chi connectivity index (χ1) is 8.15. The van der Waals surface area contributed by atoms with Crippen LogP contribution in [-0.2, 0) is 11.2 Å². The summed E-state index contributed by atoms with van der Waals surface area (Å²) in [5.74, 6) is 0.581. The second kappa shape index (κ2) is 5.26. The zero-order valence-corrected chi connectivity index (χ0v) is 11.0. The number of rotatable bonds is 4. The van der Waals surface area contributed by atoms with Crippen molar-refractivity contribution >= 4 is 28.5 Å². The molecule has 0 unspecified atom stereocenters. The SMILES string of the molecule is NC(=O)CCc1nc(-c2ccc(I)cc2)no1. The highest BCUT2D eigenvalue weighted by Crippen LogP contribution is 2.17. The summed E-state index contributed by atoms with van der Waals surface area (Å²) in [7, 11) is 0. The molecule has 6 heteroatoms. The highest BCUT2D eigenvalue weighted by molar-refractivity contribution is 14.1. The third-order valence-electron chi connectivity index (χ3n) is 2.16. The van der Waals surface area contributed by atoms with Crippen LogP contribution in [0.15, 0.2) is 28.8 Å². The molecule has 1 aromatic heterocycles. The number of nitrogens with two attached hydrogens (primary N) is 1. The van der Waals surface area contributed by atoms with E-state index in [0.717, 1.165) is 9.13 Å². The van der Waals surface area contributed by atoms with Gasteiger partial charge in [0.05, 0.1) is 0 Å². The Morgan fingerprint density at radius 3 is 2.71 bits per heavy atom. The van der Waals surface area contributed by atoms with Crippen molar-refractivity contribution in [2.45, 2.75) is 12.8 Å². The number of hydrogen-bond donors (Lipinski definition) is 1.